The Kier molecular flexibility index (Phi) is 7.85. The van der Waals surface area contributed by atoms with Crippen molar-refractivity contribution in [3.63, 3.8) is 0 Å². The van der Waals surface area contributed by atoms with Gasteiger partial charge in [0.1, 0.15) is 11.5 Å². The molecule has 0 atom stereocenters. The van der Waals surface area contributed by atoms with Crippen LogP contribution in [0.5, 0.6) is 11.5 Å². The number of ether oxygens (including phenoxy) is 2. The molecule has 1 amide bonds. The summed E-state index contributed by atoms with van der Waals surface area (Å²) in [5, 5.41) is 2.73. The molecule has 28 heavy (non-hydrogen) atoms. The fraction of sp³-hybridized carbons (Fsp3) is 0.316. The first-order valence-corrected chi connectivity index (χ1v) is 10.8. The lowest BCUT2D eigenvalue weighted by molar-refractivity contribution is -0.121. The number of sulfonamides is 1. The van der Waals surface area contributed by atoms with Gasteiger partial charge in [-0.2, -0.15) is 4.31 Å². The summed E-state index contributed by atoms with van der Waals surface area (Å²) in [6.45, 7) is 1.73. The van der Waals surface area contributed by atoms with Gasteiger partial charge in [-0.3, -0.25) is 4.79 Å². The maximum Gasteiger partial charge on any atom is 0.243 e. The van der Waals surface area contributed by atoms with Crippen LogP contribution in [0.15, 0.2) is 51.8 Å². The largest absolute Gasteiger partial charge is 0.496 e. The first-order valence-electron chi connectivity index (χ1n) is 8.55. The Morgan fingerprint density at radius 1 is 1.07 bits per heavy atom. The molecule has 0 fully saturated rings. The molecule has 152 valence electrons. The van der Waals surface area contributed by atoms with Crippen LogP contribution in [-0.2, 0) is 21.4 Å². The number of halogens is 1. The van der Waals surface area contributed by atoms with Crippen LogP contribution in [0, 0.1) is 0 Å². The van der Waals surface area contributed by atoms with Crippen molar-refractivity contribution in [2.75, 3.05) is 27.3 Å². The predicted octanol–water partition coefficient (Wildman–Crippen LogP) is 2.79. The van der Waals surface area contributed by atoms with Gasteiger partial charge >= 0.3 is 0 Å². The predicted molar refractivity (Wildman–Crippen MR) is 110 cm³/mol. The average Bonchev–Trinajstić information content (AvgIpc) is 2.70. The highest BCUT2D eigenvalue weighted by molar-refractivity contribution is 9.10. The summed E-state index contributed by atoms with van der Waals surface area (Å²) in [5.74, 6) is 0.736. The number of nitrogens with zero attached hydrogens (tertiary/aromatic N) is 1. The summed E-state index contributed by atoms with van der Waals surface area (Å²) < 4.78 is 38.1. The average molecular weight is 471 g/mol. The van der Waals surface area contributed by atoms with E-state index in [0.717, 1.165) is 8.78 Å². The lowest BCUT2D eigenvalue weighted by atomic mass is 10.1. The molecule has 2 rings (SSSR count). The number of carbonyl (C=O) groups excluding carboxylic acids is 1. The zero-order chi connectivity index (χ0) is 20.7. The minimum atomic E-state index is -3.77. The Morgan fingerprint density at radius 2 is 1.64 bits per heavy atom. The lowest BCUT2D eigenvalue weighted by Crippen LogP contribution is -2.40. The van der Waals surface area contributed by atoms with E-state index in [1.165, 1.54) is 26.4 Å². The zero-order valence-corrected chi connectivity index (χ0v) is 18.3. The van der Waals surface area contributed by atoms with Crippen LogP contribution in [0.4, 0.5) is 0 Å². The summed E-state index contributed by atoms with van der Waals surface area (Å²) in [6.07, 6.45) is 0. The molecule has 0 aromatic heterocycles. The smallest absolute Gasteiger partial charge is 0.243 e. The molecule has 2 aromatic rings. The van der Waals surface area contributed by atoms with E-state index in [0.29, 0.717) is 17.1 Å². The van der Waals surface area contributed by atoms with E-state index >= 15 is 0 Å². The van der Waals surface area contributed by atoms with Crippen molar-refractivity contribution in [2.24, 2.45) is 0 Å². The quantitative estimate of drug-likeness (QED) is 0.608. The highest BCUT2D eigenvalue weighted by Crippen LogP contribution is 2.28. The van der Waals surface area contributed by atoms with E-state index in [4.69, 9.17) is 9.47 Å². The molecule has 0 heterocycles. The summed E-state index contributed by atoms with van der Waals surface area (Å²) >= 11 is 3.28. The summed E-state index contributed by atoms with van der Waals surface area (Å²) in [6, 6.07) is 11.6. The zero-order valence-electron chi connectivity index (χ0n) is 15.9. The number of amides is 1. The van der Waals surface area contributed by atoms with Gasteiger partial charge < -0.3 is 14.8 Å². The third-order valence-corrected chi connectivity index (χ3v) is 6.58. The number of methoxy groups -OCH3 is 2. The Bertz CT molecular complexity index is 894. The van der Waals surface area contributed by atoms with Crippen molar-refractivity contribution in [1.29, 1.82) is 0 Å². The van der Waals surface area contributed by atoms with Gasteiger partial charge in [0.15, 0.2) is 0 Å². The Labute approximate surface area is 173 Å². The van der Waals surface area contributed by atoms with Gasteiger partial charge in [0.2, 0.25) is 15.9 Å². The number of benzene rings is 2. The Morgan fingerprint density at radius 3 is 2.14 bits per heavy atom. The van der Waals surface area contributed by atoms with Gasteiger partial charge in [0, 0.05) is 11.0 Å². The second-order valence-corrected chi connectivity index (χ2v) is 8.66. The SMILES string of the molecule is CCN(CC(=O)NCc1c(OC)cccc1OC)S(=O)(=O)c1ccc(Br)cc1. The number of nitrogens with one attached hydrogen (secondary N) is 1. The van der Waals surface area contributed by atoms with Crippen LogP contribution in [0.2, 0.25) is 0 Å². The number of hydrogen-bond acceptors (Lipinski definition) is 5. The van der Waals surface area contributed by atoms with E-state index in [9.17, 15) is 13.2 Å². The fourth-order valence-corrected chi connectivity index (χ4v) is 4.30. The van der Waals surface area contributed by atoms with Crippen molar-refractivity contribution in [2.45, 2.75) is 18.4 Å². The third kappa shape index (κ3) is 5.24. The summed E-state index contributed by atoms with van der Waals surface area (Å²) in [4.78, 5) is 12.5. The van der Waals surface area contributed by atoms with Crippen LogP contribution < -0.4 is 14.8 Å². The molecular weight excluding hydrogens is 448 g/mol. The lowest BCUT2D eigenvalue weighted by Gasteiger charge is -2.20. The molecule has 0 radical (unpaired) electrons. The Balaban J connectivity index is 2.10. The molecule has 0 aliphatic carbocycles. The van der Waals surface area contributed by atoms with Gasteiger partial charge in [-0.1, -0.05) is 28.9 Å². The minimum absolute atomic E-state index is 0.136. The number of rotatable bonds is 9. The van der Waals surface area contributed by atoms with Crippen LogP contribution in [-0.4, -0.2) is 45.9 Å². The summed E-state index contributed by atoms with van der Waals surface area (Å²) in [5.41, 5.74) is 0.680. The standard InChI is InChI=1S/C19H23BrN2O5S/c1-4-22(28(24,25)15-10-8-14(20)9-11-15)13-19(23)21-12-16-17(26-2)6-5-7-18(16)27-3/h5-11H,4,12-13H2,1-3H3,(H,21,23). The molecule has 0 bridgehead atoms. The number of carbonyl (C=O) groups is 1. The normalized spacial score (nSPS) is 11.3. The number of hydrogen-bond donors (Lipinski definition) is 1. The third-order valence-electron chi connectivity index (χ3n) is 4.12. The van der Waals surface area contributed by atoms with Crippen LogP contribution >= 0.6 is 15.9 Å². The molecule has 7 nitrogen and oxygen atoms in total. The van der Waals surface area contributed by atoms with E-state index < -0.39 is 15.9 Å². The van der Waals surface area contributed by atoms with Gasteiger partial charge in [-0.05, 0) is 36.4 Å². The van der Waals surface area contributed by atoms with Gasteiger partial charge in [0.25, 0.3) is 0 Å². The fourth-order valence-electron chi connectivity index (χ4n) is 2.63. The molecule has 1 N–H and O–H groups in total. The molecule has 2 aromatic carbocycles. The molecule has 0 aliphatic heterocycles. The second-order valence-electron chi connectivity index (χ2n) is 5.80. The van der Waals surface area contributed by atoms with Crippen molar-refractivity contribution < 1.29 is 22.7 Å². The first kappa shape index (κ1) is 22.2. The first-order chi connectivity index (χ1) is 13.3. The van der Waals surface area contributed by atoms with Crippen molar-refractivity contribution >= 4 is 31.9 Å². The Hall–Kier alpha value is -2.10. The second kappa shape index (κ2) is 9.90. The maximum absolute atomic E-state index is 12.8. The topological polar surface area (TPSA) is 84.9 Å². The molecule has 0 saturated heterocycles. The molecular formula is C19H23BrN2O5S. The monoisotopic (exact) mass is 470 g/mol. The van der Waals surface area contributed by atoms with Gasteiger partial charge in [-0.15, -0.1) is 0 Å². The van der Waals surface area contributed by atoms with Gasteiger partial charge in [-0.25, -0.2) is 8.42 Å². The highest BCUT2D eigenvalue weighted by atomic mass is 79.9. The highest BCUT2D eigenvalue weighted by Gasteiger charge is 2.25. The van der Waals surface area contributed by atoms with Gasteiger partial charge in [0.05, 0.1) is 37.8 Å². The van der Waals surface area contributed by atoms with E-state index in [1.807, 2.05) is 0 Å². The molecule has 9 heteroatoms. The molecule has 0 unspecified atom stereocenters. The minimum Gasteiger partial charge on any atom is -0.496 e. The van der Waals surface area contributed by atoms with Crippen LogP contribution in [0.3, 0.4) is 0 Å². The molecule has 0 saturated carbocycles. The van der Waals surface area contributed by atoms with E-state index in [2.05, 4.69) is 21.2 Å². The van der Waals surface area contributed by atoms with Crippen molar-refractivity contribution in [3.05, 3.63) is 52.5 Å². The number of likely N-dealkylation sites (N-methyl/N-ethyl adjacent to an activating group) is 1. The van der Waals surface area contributed by atoms with E-state index in [1.54, 1.807) is 37.3 Å². The van der Waals surface area contributed by atoms with E-state index in [-0.39, 0.29) is 24.5 Å². The van der Waals surface area contributed by atoms with Crippen LogP contribution in [0.1, 0.15) is 12.5 Å². The summed E-state index contributed by atoms with van der Waals surface area (Å²) in [7, 11) is -0.706. The van der Waals surface area contributed by atoms with Crippen molar-refractivity contribution in [3.8, 4) is 11.5 Å². The van der Waals surface area contributed by atoms with Crippen molar-refractivity contribution in [1.82, 2.24) is 9.62 Å². The molecule has 0 spiro atoms. The van der Waals surface area contributed by atoms with Crippen LogP contribution in [0.25, 0.3) is 0 Å². The molecule has 0 aliphatic rings. The maximum atomic E-state index is 12.8.